The van der Waals surface area contributed by atoms with Crippen LogP contribution in [0.4, 0.5) is 10.1 Å². The van der Waals surface area contributed by atoms with Gasteiger partial charge in [-0.15, -0.1) is 0 Å². The van der Waals surface area contributed by atoms with Gasteiger partial charge in [-0.05, 0) is 60.3 Å². The number of likely N-dealkylation sites (tertiary alicyclic amines) is 1. The predicted octanol–water partition coefficient (Wildman–Crippen LogP) is 4.41. The summed E-state index contributed by atoms with van der Waals surface area (Å²) in [7, 11) is 3.42. The topological polar surface area (TPSA) is 70.7 Å². The molecule has 0 aromatic heterocycles. The molecule has 1 aliphatic rings. The lowest BCUT2D eigenvalue weighted by molar-refractivity contribution is -0.111. The zero-order chi connectivity index (χ0) is 24.2. The highest BCUT2D eigenvalue weighted by molar-refractivity contribution is 6.09. The van der Waals surface area contributed by atoms with Gasteiger partial charge in [0.15, 0.2) is 0 Å². The van der Waals surface area contributed by atoms with Gasteiger partial charge in [-0.1, -0.05) is 36.9 Å². The summed E-state index contributed by atoms with van der Waals surface area (Å²) in [5, 5.41) is 7.41. The van der Waals surface area contributed by atoms with E-state index in [0.29, 0.717) is 30.0 Å². The fourth-order valence-electron chi connectivity index (χ4n) is 4.26. The van der Waals surface area contributed by atoms with Crippen molar-refractivity contribution in [1.29, 1.82) is 0 Å². The molecule has 1 saturated heterocycles. The largest absolute Gasteiger partial charge is 0.495 e. The number of rotatable bonds is 6. The van der Waals surface area contributed by atoms with Gasteiger partial charge >= 0.3 is 0 Å². The van der Waals surface area contributed by atoms with Crippen LogP contribution in [0.15, 0.2) is 67.3 Å². The number of carbonyl (C=O) groups excluding carboxylic acids is 2. The Morgan fingerprint density at radius 1 is 1.15 bits per heavy atom. The quantitative estimate of drug-likeness (QED) is 0.534. The van der Waals surface area contributed by atoms with E-state index in [0.717, 1.165) is 28.4 Å². The SMILES string of the molecule is C=CC(=O)Nc1c(OC)ccc2ccc(-c3cccc(C(=O)NC4CCN(C)CC4F)c3)cc12. The van der Waals surface area contributed by atoms with E-state index in [4.69, 9.17) is 4.74 Å². The summed E-state index contributed by atoms with van der Waals surface area (Å²) in [6.45, 7) is 4.58. The summed E-state index contributed by atoms with van der Waals surface area (Å²) in [4.78, 5) is 26.8. The number of hydrogen-bond donors (Lipinski definition) is 2. The second-order valence-electron chi connectivity index (χ2n) is 8.50. The second kappa shape index (κ2) is 10.1. The number of benzene rings is 3. The highest BCUT2D eigenvalue weighted by atomic mass is 19.1. The first-order valence-electron chi connectivity index (χ1n) is 11.2. The van der Waals surface area contributed by atoms with E-state index >= 15 is 0 Å². The van der Waals surface area contributed by atoms with Gasteiger partial charge in [0.25, 0.3) is 5.91 Å². The molecule has 2 atom stereocenters. The molecule has 1 heterocycles. The van der Waals surface area contributed by atoms with Gasteiger partial charge in [-0.2, -0.15) is 0 Å². The number of alkyl halides is 1. The lowest BCUT2D eigenvalue weighted by atomic mass is 9.98. The highest BCUT2D eigenvalue weighted by Crippen LogP contribution is 2.36. The Bertz CT molecular complexity index is 1240. The predicted molar refractivity (Wildman–Crippen MR) is 133 cm³/mol. The smallest absolute Gasteiger partial charge is 0.251 e. The molecule has 6 nitrogen and oxygen atoms in total. The Kier molecular flexibility index (Phi) is 6.93. The summed E-state index contributed by atoms with van der Waals surface area (Å²) in [6.07, 6.45) is 0.691. The van der Waals surface area contributed by atoms with Crippen LogP contribution in [0.25, 0.3) is 21.9 Å². The standard InChI is InChI=1S/C27H28FN3O3/c1-4-25(32)30-26-21-15-19(9-8-17(21)10-11-24(26)34-3)18-6-5-7-20(14-18)27(33)29-23-12-13-31(2)16-22(23)28/h4-11,14-15,22-23H,1,12-13,16H2,2-3H3,(H,29,33)(H,30,32). The van der Waals surface area contributed by atoms with E-state index in [2.05, 4.69) is 17.2 Å². The van der Waals surface area contributed by atoms with Crippen molar-refractivity contribution in [2.45, 2.75) is 18.6 Å². The maximum absolute atomic E-state index is 14.4. The number of ether oxygens (including phenoxy) is 1. The van der Waals surface area contributed by atoms with E-state index in [1.165, 1.54) is 6.08 Å². The first kappa shape index (κ1) is 23.4. The highest BCUT2D eigenvalue weighted by Gasteiger charge is 2.29. The molecule has 176 valence electrons. The third-order valence-electron chi connectivity index (χ3n) is 6.16. The number of nitrogens with zero attached hydrogens (tertiary/aromatic N) is 1. The number of piperidine rings is 1. The second-order valence-corrected chi connectivity index (χ2v) is 8.50. The average molecular weight is 462 g/mol. The molecular formula is C27H28FN3O3. The first-order chi connectivity index (χ1) is 16.4. The molecule has 34 heavy (non-hydrogen) atoms. The van der Waals surface area contributed by atoms with Gasteiger partial charge in [0.2, 0.25) is 5.91 Å². The minimum atomic E-state index is -1.09. The van der Waals surface area contributed by atoms with Crippen LogP contribution in [0, 0.1) is 0 Å². The van der Waals surface area contributed by atoms with Crippen LogP contribution in [-0.4, -0.2) is 56.2 Å². The number of anilines is 1. The van der Waals surface area contributed by atoms with Gasteiger partial charge in [-0.25, -0.2) is 4.39 Å². The van der Waals surface area contributed by atoms with Gasteiger partial charge < -0.3 is 20.3 Å². The van der Waals surface area contributed by atoms with E-state index < -0.39 is 12.2 Å². The molecule has 4 rings (SSSR count). The zero-order valence-corrected chi connectivity index (χ0v) is 19.3. The van der Waals surface area contributed by atoms with Gasteiger partial charge in [0.1, 0.15) is 11.9 Å². The van der Waals surface area contributed by atoms with Gasteiger partial charge in [0.05, 0.1) is 18.8 Å². The molecule has 2 amide bonds. The minimum absolute atomic E-state index is 0.291. The number of halogens is 1. The van der Waals surface area contributed by atoms with Crippen molar-refractivity contribution in [2.75, 3.05) is 32.6 Å². The van der Waals surface area contributed by atoms with E-state index in [9.17, 15) is 14.0 Å². The Balaban J connectivity index is 1.65. The molecule has 7 heteroatoms. The van der Waals surface area contributed by atoms with Crippen LogP contribution in [0.1, 0.15) is 16.8 Å². The fourth-order valence-corrected chi connectivity index (χ4v) is 4.26. The molecule has 1 fully saturated rings. The molecule has 3 aromatic rings. The zero-order valence-electron chi connectivity index (χ0n) is 19.3. The number of hydrogen-bond acceptors (Lipinski definition) is 4. The molecule has 2 N–H and O–H groups in total. The summed E-state index contributed by atoms with van der Waals surface area (Å²) in [6, 6.07) is 16.3. The van der Waals surface area contributed by atoms with Crippen LogP contribution >= 0.6 is 0 Å². The molecule has 0 aliphatic carbocycles. The molecule has 0 radical (unpaired) electrons. The molecule has 0 spiro atoms. The molecule has 0 saturated carbocycles. The summed E-state index contributed by atoms with van der Waals surface area (Å²) in [5.74, 6) is -0.0951. The third-order valence-corrected chi connectivity index (χ3v) is 6.16. The maximum Gasteiger partial charge on any atom is 0.251 e. The van der Waals surface area contributed by atoms with Crippen LogP contribution in [0.2, 0.25) is 0 Å². The van der Waals surface area contributed by atoms with Crippen molar-refractivity contribution >= 4 is 28.3 Å². The van der Waals surface area contributed by atoms with Gasteiger partial charge in [-0.3, -0.25) is 9.59 Å². The molecule has 3 aromatic carbocycles. The van der Waals surface area contributed by atoms with Crippen molar-refractivity contribution in [3.63, 3.8) is 0 Å². The maximum atomic E-state index is 14.4. The van der Waals surface area contributed by atoms with Crippen molar-refractivity contribution in [2.24, 2.45) is 0 Å². The number of amides is 2. The van der Waals surface area contributed by atoms with Crippen molar-refractivity contribution in [3.8, 4) is 16.9 Å². The fraction of sp³-hybridized carbons (Fsp3) is 0.259. The van der Waals surface area contributed by atoms with Crippen LogP contribution in [0.3, 0.4) is 0 Å². The van der Waals surface area contributed by atoms with E-state index in [1.807, 2.05) is 48.3 Å². The normalized spacial score (nSPS) is 18.3. The number of nitrogens with one attached hydrogen (secondary N) is 2. The Labute approximate surface area is 198 Å². The van der Waals surface area contributed by atoms with Crippen LogP contribution < -0.4 is 15.4 Å². The molecule has 1 aliphatic heterocycles. The number of fused-ring (bicyclic) bond motifs is 1. The minimum Gasteiger partial charge on any atom is -0.495 e. The summed E-state index contributed by atoms with van der Waals surface area (Å²) in [5.41, 5.74) is 2.72. The molecule has 0 bridgehead atoms. The van der Waals surface area contributed by atoms with E-state index in [1.54, 1.807) is 25.3 Å². The number of methoxy groups -OCH3 is 1. The monoisotopic (exact) mass is 461 g/mol. The van der Waals surface area contributed by atoms with Gasteiger partial charge in [0, 0.05) is 24.0 Å². The number of carbonyl (C=O) groups is 2. The molecule has 2 unspecified atom stereocenters. The van der Waals surface area contributed by atoms with Crippen molar-refractivity contribution in [3.05, 3.63) is 72.8 Å². The van der Waals surface area contributed by atoms with E-state index in [-0.39, 0.29) is 11.8 Å². The first-order valence-corrected chi connectivity index (χ1v) is 11.2. The summed E-state index contributed by atoms with van der Waals surface area (Å²) >= 11 is 0. The van der Waals surface area contributed by atoms with Crippen molar-refractivity contribution in [1.82, 2.24) is 10.2 Å². The lowest BCUT2D eigenvalue weighted by Crippen LogP contribution is -2.51. The average Bonchev–Trinajstić information content (AvgIpc) is 2.85. The Morgan fingerprint density at radius 2 is 1.91 bits per heavy atom. The summed E-state index contributed by atoms with van der Waals surface area (Å²) < 4.78 is 19.8. The molecular weight excluding hydrogens is 433 g/mol. The van der Waals surface area contributed by atoms with Crippen LogP contribution in [-0.2, 0) is 4.79 Å². The van der Waals surface area contributed by atoms with Crippen LogP contribution in [0.5, 0.6) is 5.75 Å². The lowest BCUT2D eigenvalue weighted by Gasteiger charge is -2.32. The third kappa shape index (κ3) is 4.94. The Morgan fingerprint density at radius 3 is 2.65 bits per heavy atom. The van der Waals surface area contributed by atoms with Crippen molar-refractivity contribution < 1.29 is 18.7 Å². The Hall–Kier alpha value is -3.71.